The number of fused-ring (bicyclic) bond motifs is 5. The molecule has 7 nitrogen and oxygen atoms in total. The Morgan fingerprint density at radius 2 is 1.88 bits per heavy atom. The zero-order valence-corrected chi connectivity index (χ0v) is 20.4. The maximum absolute atomic E-state index is 12.6. The van der Waals surface area contributed by atoms with Crippen molar-refractivity contribution < 1.29 is 34.8 Å². The Hall–Kier alpha value is -1.54. The molecule has 4 aliphatic rings. The molecule has 0 bridgehead atoms. The number of carbonyl (C=O) groups excluding carboxylic acids is 2. The van der Waals surface area contributed by atoms with E-state index in [0.29, 0.717) is 12.8 Å². The average Bonchev–Trinajstić information content (AvgIpc) is 2.95. The number of carbonyl (C=O) groups is 3. The molecule has 0 unspecified atom stereocenters. The fourth-order valence-corrected chi connectivity index (χ4v) is 7.79. The second-order valence-electron chi connectivity index (χ2n) is 10.5. The Kier molecular flexibility index (Phi) is 7.04. The SMILES string of the molecule is CCC(=O)O.C[C@@H]1C[C@H]2[C@H]3[C@H]([C@@H](O)C[C@]2(C)[C@@]1(O)C(=O)CO)[C@@]1(C)C=CC(=O)C=C1C[C@H]3Cl. The molecule has 0 aliphatic heterocycles. The van der Waals surface area contributed by atoms with Crippen LogP contribution in [0.15, 0.2) is 23.8 Å². The Balaban J connectivity index is 0.000000555. The van der Waals surface area contributed by atoms with Crippen LogP contribution in [0.25, 0.3) is 0 Å². The molecular formula is C25H35ClO7. The molecule has 33 heavy (non-hydrogen) atoms. The van der Waals surface area contributed by atoms with E-state index in [2.05, 4.69) is 6.92 Å². The summed E-state index contributed by atoms with van der Waals surface area (Å²) in [6.45, 7) is 6.65. The Labute approximate surface area is 199 Å². The van der Waals surface area contributed by atoms with Crippen LogP contribution in [0.1, 0.15) is 53.4 Å². The molecule has 0 saturated heterocycles. The number of hydrogen-bond acceptors (Lipinski definition) is 6. The number of aliphatic carboxylic acids is 1. The van der Waals surface area contributed by atoms with Crippen molar-refractivity contribution in [3.63, 3.8) is 0 Å². The number of aliphatic hydroxyl groups excluding tert-OH is 2. The van der Waals surface area contributed by atoms with E-state index in [-0.39, 0.29) is 47.7 Å². The summed E-state index contributed by atoms with van der Waals surface area (Å²) in [7, 11) is 0. The number of allylic oxidation sites excluding steroid dienone is 4. The van der Waals surface area contributed by atoms with Gasteiger partial charge in [-0.05, 0) is 49.2 Å². The molecule has 184 valence electrons. The summed E-state index contributed by atoms with van der Waals surface area (Å²) in [5, 5.41) is 39.7. The van der Waals surface area contributed by atoms with Crippen molar-refractivity contribution in [2.45, 2.75) is 70.5 Å². The monoisotopic (exact) mass is 482 g/mol. The standard InChI is InChI=1S/C22H29ClO5.C3H6O2/c1-11-6-14-18-15(23)8-12-7-13(25)4-5-20(12,2)19(18)16(26)9-21(14,3)22(11,28)17(27)10-24;1-2-3(4)5/h4-5,7,11,14-16,18-19,24,26,28H,6,8-10H2,1-3H3;2H2,1H3,(H,4,5)/t11-,14+,15-,16+,18-,19+,20+,21+,22+;/m1./s1. The van der Waals surface area contributed by atoms with Crippen molar-refractivity contribution in [3.8, 4) is 0 Å². The summed E-state index contributed by atoms with van der Waals surface area (Å²) < 4.78 is 0. The molecular weight excluding hydrogens is 448 g/mol. The Morgan fingerprint density at radius 3 is 2.42 bits per heavy atom. The van der Waals surface area contributed by atoms with Crippen molar-refractivity contribution in [3.05, 3.63) is 23.8 Å². The number of aliphatic hydroxyl groups is 3. The van der Waals surface area contributed by atoms with E-state index in [4.69, 9.17) is 16.7 Å². The van der Waals surface area contributed by atoms with Crippen LogP contribution in [0, 0.1) is 34.5 Å². The molecule has 0 aromatic carbocycles. The maximum atomic E-state index is 12.6. The van der Waals surface area contributed by atoms with Crippen LogP contribution in [0.2, 0.25) is 0 Å². The van der Waals surface area contributed by atoms with E-state index in [1.54, 1.807) is 19.1 Å². The van der Waals surface area contributed by atoms with Crippen LogP contribution in [0.3, 0.4) is 0 Å². The van der Waals surface area contributed by atoms with Crippen LogP contribution in [-0.2, 0) is 14.4 Å². The topological polar surface area (TPSA) is 132 Å². The molecule has 8 heteroatoms. The van der Waals surface area contributed by atoms with Gasteiger partial charge in [0.05, 0.1) is 6.10 Å². The lowest BCUT2D eigenvalue weighted by atomic mass is 9.46. The molecule has 4 rings (SSSR count). The molecule has 0 spiro atoms. The molecule has 0 aromatic rings. The minimum atomic E-state index is -1.68. The summed E-state index contributed by atoms with van der Waals surface area (Å²) in [5.41, 5.74) is -2.04. The molecule has 0 heterocycles. The van der Waals surface area contributed by atoms with E-state index in [0.717, 1.165) is 5.57 Å². The highest BCUT2D eigenvalue weighted by Gasteiger charge is 2.71. The largest absolute Gasteiger partial charge is 0.481 e. The Bertz CT molecular complexity index is 897. The molecule has 3 saturated carbocycles. The summed E-state index contributed by atoms with van der Waals surface area (Å²) in [5.74, 6) is -2.04. The van der Waals surface area contributed by atoms with Crippen molar-refractivity contribution in [2.75, 3.05) is 6.61 Å². The summed E-state index contributed by atoms with van der Waals surface area (Å²) >= 11 is 6.86. The fraction of sp³-hybridized carbons (Fsp3) is 0.720. The lowest BCUT2D eigenvalue weighted by Gasteiger charge is -2.60. The maximum Gasteiger partial charge on any atom is 0.303 e. The number of carboxylic acid groups (broad SMARTS) is 1. The van der Waals surface area contributed by atoms with Gasteiger partial charge in [0.1, 0.15) is 12.2 Å². The van der Waals surface area contributed by atoms with Gasteiger partial charge in [0, 0.05) is 28.5 Å². The van der Waals surface area contributed by atoms with Crippen molar-refractivity contribution >= 4 is 29.1 Å². The van der Waals surface area contributed by atoms with Crippen molar-refractivity contribution in [2.24, 2.45) is 34.5 Å². The zero-order valence-electron chi connectivity index (χ0n) is 19.6. The fourth-order valence-electron chi connectivity index (χ4n) is 7.29. The Morgan fingerprint density at radius 1 is 1.27 bits per heavy atom. The predicted molar refractivity (Wildman–Crippen MR) is 123 cm³/mol. The molecule has 0 radical (unpaired) electrons. The first-order valence-electron chi connectivity index (χ1n) is 11.6. The molecule has 9 atom stereocenters. The number of carboxylic acids is 1. The number of hydrogen-bond donors (Lipinski definition) is 4. The van der Waals surface area contributed by atoms with Crippen molar-refractivity contribution in [1.29, 1.82) is 0 Å². The lowest BCUT2D eigenvalue weighted by Crippen LogP contribution is -2.64. The van der Waals surface area contributed by atoms with Gasteiger partial charge in [0.2, 0.25) is 0 Å². The smallest absolute Gasteiger partial charge is 0.303 e. The first-order chi connectivity index (χ1) is 15.3. The third-order valence-electron chi connectivity index (χ3n) is 8.94. The molecule has 0 aromatic heterocycles. The van der Waals surface area contributed by atoms with E-state index in [1.807, 2.05) is 19.9 Å². The summed E-state index contributed by atoms with van der Waals surface area (Å²) in [6, 6.07) is 0. The van der Waals surface area contributed by atoms with Gasteiger partial charge in [0.25, 0.3) is 0 Å². The minimum absolute atomic E-state index is 0.0525. The summed E-state index contributed by atoms with van der Waals surface area (Å²) in [6.07, 6.45) is 6.00. The van der Waals surface area contributed by atoms with Gasteiger partial charge in [-0.1, -0.05) is 39.3 Å². The lowest BCUT2D eigenvalue weighted by molar-refractivity contribution is -0.183. The van der Waals surface area contributed by atoms with Gasteiger partial charge in [-0.25, -0.2) is 0 Å². The van der Waals surface area contributed by atoms with E-state index < -0.39 is 40.9 Å². The van der Waals surface area contributed by atoms with Crippen LogP contribution < -0.4 is 0 Å². The number of alkyl halides is 1. The highest BCUT2D eigenvalue weighted by molar-refractivity contribution is 6.21. The zero-order chi connectivity index (χ0) is 24.9. The second kappa shape index (κ2) is 8.91. The van der Waals surface area contributed by atoms with E-state index in [1.165, 1.54) is 0 Å². The predicted octanol–water partition coefficient (Wildman–Crippen LogP) is 2.50. The van der Waals surface area contributed by atoms with Gasteiger partial charge >= 0.3 is 5.97 Å². The average molecular weight is 483 g/mol. The number of rotatable bonds is 3. The first kappa shape index (κ1) is 26.1. The van der Waals surface area contributed by atoms with Crippen LogP contribution in [-0.4, -0.2) is 61.7 Å². The molecule has 4 aliphatic carbocycles. The molecule has 4 N–H and O–H groups in total. The number of Topliss-reactive ketones (excluding diaryl/α,β-unsaturated/α-hetero) is 1. The molecule has 0 amide bonds. The first-order valence-corrected chi connectivity index (χ1v) is 12.1. The van der Waals surface area contributed by atoms with Gasteiger partial charge in [-0.15, -0.1) is 11.6 Å². The van der Waals surface area contributed by atoms with Gasteiger partial charge in [0.15, 0.2) is 11.6 Å². The highest BCUT2D eigenvalue weighted by atomic mass is 35.5. The van der Waals surface area contributed by atoms with Gasteiger partial charge in [-0.2, -0.15) is 0 Å². The third kappa shape index (κ3) is 3.81. The number of ketones is 2. The van der Waals surface area contributed by atoms with Gasteiger partial charge < -0.3 is 20.4 Å². The minimum Gasteiger partial charge on any atom is -0.481 e. The van der Waals surface area contributed by atoms with Gasteiger partial charge in [-0.3, -0.25) is 14.4 Å². The third-order valence-corrected chi connectivity index (χ3v) is 9.38. The number of halogens is 1. The summed E-state index contributed by atoms with van der Waals surface area (Å²) in [4.78, 5) is 33.9. The van der Waals surface area contributed by atoms with Crippen molar-refractivity contribution in [1.82, 2.24) is 0 Å². The normalized spacial score (nSPS) is 45.7. The van der Waals surface area contributed by atoms with Crippen LogP contribution in [0.5, 0.6) is 0 Å². The van der Waals surface area contributed by atoms with Crippen LogP contribution >= 0.6 is 11.6 Å². The van der Waals surface area contributed by atoms with E-state index >= 15 is 0 Å². The highest BCUT2D eigenvalue weighted by Crippen LogP contribution is 2.68. The second-order valence-corrected chi connectivity index (χ2v) is 11.1. The molecule has 3 fully saturated rings. The van der Waals surface area contributed by atoms with Crippen LogP contribution in [0.4, 0.5) is 0 Å². The van der Waals surface area contributed by atoms with E-state index in [9.17, 15) is 29.7 Å². The quantitative estimate of drug-likeness (QED) is 0.454.